The molecule has 0 aliphatic rings. The van der Waals surface area contributed by atoms with E-state index in [1.165, 1.54) is 6.07 Å². The fourth-order valence-corrected chi connectivity index (χ4v) is 2.04. The molecule has 0 amide bonds. The van der Waals surface area contributed by atoms with Gasteiger partial charge in [-0.1, -0.05) is 6.92 Å². The highest BCUT2D eigenvalue weighted by molar-refractivity contribution is 7.91. The SMILES string of the molecule is CCS(=O)(=O)CCNC(C)c1ccc(F)cn1. The van der Waals surface area contributed by atoms with Crippen molar-refractivity contribution in [1.29, 1.82) is 0 Å². The molecule has 4 nitrogen and oxygen atoms in total. The third-order valence-corrected chi connectivity index (χ3v) is 4.20. The molecule has 1 N–H and O–H groups in total. The Labute approximate surface area is 101 Å². The van der Waals surface area contributed by atoms with Gasteiger partial charge in [0.25, 0.3) is 0 Å². The van der Waals surface area contributed by atoms with E-state index in [0.717, 1.165) is 6.20 Å². The molecule has 1 aromatic heterocycles. The van der Waals surface area contributed by atoms with Gasteiger partial charge in [0.15, 0.2) is 9.84 Å². The van der Waals surface area contributed by atoms with E-state index in [1.54, 1.807) is 13.0 Å². The predicted octanol–water partition coefficient (Wildman–Crippen LogP) is 1.31. The molecule has 96 valence electrons. The van der Waals surface area contributed by atoms with Crippen LogP contribution in [-0.2, 0) is 9.84 Å². The molecule has 0 bridgehead atoms. The zero-order valence-corrected chi connectivity index (χ0v) is 10.8. The number of hydrogen-bond donors (Lipinski definition) is 1. The molecule has 1 heterocycles. The lowest BCUT2D eigenvalue weighted by Crippen LogP contribution is -2.26. The standard InChI is InChI=1S/C11H17FN2O2S/c1-3-17(15,16)7-6-13-9(2)11-5-4-10(12)8-14-11/h4-5,8-9,13H,3,6-7H2,1-2H3. The highest BCUT2D eigenvalue weighted by Crippen LogP contribution is 2.08. The van der Waals surface area contributed by atoms with Gasteiger partial charge in [-0.05, 0) is 19.1 Å². The Kier molecular flexibility index (Phi) is 5.02. The first-order valence-electron chi connectivity index (χ1n) is 5.50. The summed E-state index contributed by atoms with van der Waals surface area (Å²) in [5, 5.41) is 3.04. The average Bonchev–Trinajstić information content (AvgIpc) is 2.29. The van der Waals surface area contributed by atoms with Gasteiger partial charge < -0.3 is 5.32 Å². The third-order valence-electron chi connectivity index (χ3n) is 2.50. The van der Waals surface area contributed by atoms with Crippen LogP contribution in [0.15, 0.2) is 18.3 Å². The third kappa shape index (κ3) is 4.79. The zero-order valence-electron chi connectivity index (χ0n) is 9.98. The molecule has 0 aromatic carbocycles. The summed E-state index contributed by atoms with van der Waals surface area (Å²) in [6.07, 6.45) is 1.15. The van der Waals surface area contributed by atoms with Gasteiger partial charge in [-0.3, -0.25) is 4.98 Å². The van der Waals surface area contributed by atoms with Crippen molar-refractivity contribution in [3.63, 3.8) is 0 Å². The zero-order chi connectivity index (χ0) is 12.9. The second-order valence-corrected chi connectivity index (χ2v) is 6.29. The van der Waals surface area contributed by atoms with Crippen LogP contribution >= 0.6 is 0 Å². The summed E-state index contributed by atoms with van der Waals surface area (Å²) in [4.78, 5) is 3.93. The van der Waals surface area contributed by atoms with E-state index in [-0.39, 0.29) is 23.4 Å². The molecule has 0 aliphatic heterocycles. The van der Waals surface area contributed by atoms with E-state index in [0.29, 0.717) is 12.2 Å². The number of rotatable bonds is 6. The average molecular weight is 260 g/mol. The molecule has 1 aromatic rings. The maximum absolute atomic E-state index is 12.6. The first kappa shape index (κ1) is 14.1. The summed E-state index contributed by atoms with van der Waals surface area (Å²) in [7, 11) is -2.95. The van der Waals surface area contributed by atoms with Gasteiger partial charge in [-0.15, -0.1) is 0 Å². The van der Waals surface area contributed by atoms with Crippen LogP contribution in [0.2, 0.25) is 0 Å². The minimum atomic E-state index is -2.95. The molecule has 1 rings (SSSR count). The van der Waals surface area contributed by atoms with Gasteiger partial charge in [-0.25, -0.2) is 12.8 Å². The number of nitrogens with one attached hydrogen (secondary N) is 1. The summed E-state index contributed by atoms with van der Waals surface area (Å²) in [6, 6.07) is 2.83. The lowest BCUT2D eigenvalue weighted by Gasteiger charge is -2.12. The fourth-order valence-electron chi connectivity index (χ4n) is 1.32. The Hall–Kier alpha value is -1.01. The van der Waals surface area contributed by atoms with Gasteiger partial charge >= 0.3 is 0 Å². The van der Waals surface area contributed by atoms with Crippen molar-refractivity contribution in [3.8, 4) is 0 Å². The number of pyridine rings is 1. The van der Waals surface area contributed by atoms with E-state index in [1.807, 2.05) is 6.92 Å². The highest BCUT2D eigenvalue weighted by Gasteiger charge is 2.10. The Morgan fingerprint density at radius 2 is 2.18 bits per heavy atom. The maximum atomic E-state index is 12.6. The van der Waals surface area contributed by atoms with E-state index in [4.69, 9.17) is 0 Å². The van der Waals surface area contributed by atoms with Crippen molar-refractivity contribution >= 4 is 9.84 Å². The van der Waals surface area contributed by atoms with Crippen LogP contribution in [-0.4, -0.2) is 31.5 Å². The first-order chi connectivity index (χ1) is 7.94. The van der Waals surface area contributed by atoms with Crippen LogP contribution in [0.5, 0.6) is 0 Å². The Balaban J connectivity index is 2.45. The van der Waals surface area contributed by atoms with Crippen molar-refractivity contribution in [2.24, 2.45) is 0 Å². The van der Waals surface area contributed by atoms with Crippen LogP contribution in [0.25, 0.3) is 0 Å². The molecule has 0 aliphatic carbocycles. The Morgan fingerprint density at radius 3 is 2.71 bits per heavy atom. The Morgan fingerprint density at radius 1 is 1.47 bits per heavy atom. The molecule has 0 radical (unpaired) electrons. The Bertz CT molecular complexity index is 445. The van der Waals surface area contributed by atoms with Crippen molar-refractivity contribution in [1.82, 2.24) is 10.3 Å². The topological polar surface area (TPSA) is 59.1 Å². The molecule has 1 unspecified atom stereocenters. The van der Waals surface area contributed by atoms with E-state index >= 15 is 0 Å². The number of halogens is 1. The molecular formula is C11H17FN2O2S. The number of aromatic nitrogens is 1. The monoisotopic (exact) mass is 260 g/mol. The van der Waals surface area contributed by atoms with Crippen molar-refractivity contribution in [2.45, 2.75) is 19.9 Å². The predicted molar refractivity (Wildman–Crippen MR) is 64.9 cm³/mol. The van der Waals surface area contributed by atoms with Crippen LogP contribution in [0.3, 0.4) is 0 Å². The van der Waals surface area contributed by atoms with Gasteiger partial charge in [-0.2, -0.15) is 0 Å². The summed E-state index contributed by atoms with van der Waals surface area (Å²) in [6.45, 7) is 3.86. The van der Waals surface area contributed by atoms with E-state index in [9.17, 15) is 12.8 Å². The normalized spacial score (nSPS) is 13.6. The molecule has 17 heavy (non-hydrogen) atoms. The van der Waals surface area contributed by atoms with Crippen LogP contribution < -0.4 is 5.32 Å². The minimum Gasteiger partial charge on any atom is -0.308 e. The van der Waals surface area contributed by atoms with E-state index < -0.39 is 9.84 Å². The summed E-state index contributed by atoms with van der Waals surface area (Å²) in [5.74, 6) is -0.123. The van der Waals surface area contributed by atoms with E-state index in [2.05, 4.69) is 10.3 Å². The van der Waals surface area contributed by atoms with Crippen molar-refractivity contribution in [3.05, 3.63) is 29.8 Å². The quantitative estimate of drug-likeness (QED) is 0.837. The fraction of sp³-hybridized carbons (Fsp3) is 0.545. The number of nitrogens with zero attached hydrogens (tertiary/aromatic N) is 1. The first-order valence-corrected chi connectivity index (χ1v) is 7.32. The van der Waals surface area contributed by atoms with Gasteiger partial charge in [0, 0.05) is 18.3 Å². The molecule has 0 spiro atoms. The minimum absolute atomic E-state index is 0.0948. The molecule has 0 saturated heterocycles. The van der Waals surface area contributed by atoms with Gasteiger partial charge in [0.05, 0.1) is 17.6 Å². The number of hydrogen-bond acceptors (Lipinski definition) is 4. The van der Waals surface area contributed by atoms with Crippen molar-refractivity contribution in [2.75, 3.05) is 18.1 Å². The second kappa shape index (κ2) is 6.07. The smallest absolute Gasteiger partial charge is 0.151 e. The largest absolute Gasteiger partial charge is 0.308 e. The molecule has 0 fully saturated rings. The highest BCUT2D eigenvalue weighted by atomic mass is 32.2. The summed E-state index contributed by atoms with van der Waals surface area (Å²) in [5.41, 5.74) is 0.695. The maximum Gasteiger partial charge on any atom is 0.151 e. The molecule has 0 saturated carbocycles. The van der Waals surface area contributed by atoms with Gasteiger partial charge in [0.1, 0.15) is 5.82 Å². The van der Waals surface area contributed by atoms with Crippen molar-refractivity contribution < 1.29 is 12.8 Å². The number of sulfone groups is 1. The van der Waals surface area contributed by atoms with Crippen LogP contribution in [0.1, 0.15) is 25.6 Å². The molecule has 1 atom stereocenters. The lowest BCUT2D eigenvalue weighted by molar-refractivity contribution is 0.561. The summed E-state index contributed by atoms with van der Waals surface area (Å²) >= 11 is 0. The van der Waals surface area contributed by atoms with Gasteiger partial charge in [0.2, 0.25) is 0 Å². The summed E-state index contributed by atoms with van der Waals surface area (Å²) < 4.78 is 35.2. The molecular weight excluding hydrogens is 243 g/mol. The molecule has 6 heteroatoms. The second-order valence-electron chi connectivity index (χ2n) is 3.81. The lowest BCUT2D eigenvalue weighted by atomic mass is 10.2. The van der Waals surface area contributed by atoms with Crippen LogP contribution in [0, 0.1) is 5.82 Å². The van der Waals surface area contributed by atoms with Crippen LogP contribution in [0.4, 0.5) is 4.39 Å².